The topological polar surface area (TPSA) is 66.8 Å². The van der Waals surface area contributed by atoms with Gasteiger partial charge in [-0.25, -0.2) is 4.98 Å². The number of rotatable bonds is 6. The van der Waals surface area contributed by atoms with E-state index in [1.54, 1.807) is 0 Å². The highest BCUT2D eigenvalue weighted by Gasteiger charge is 2.27. The Balaban J connectivity index is 1.61. The Morgan fingerprint density at radius 3 is 2.46 bits per heavy atom. The lowest BCUT2D eigenvalue weighted by molar-refractivity contribution is -0.364. The van der Waals surface area contributed by atoms with E-state index in [0.29, 0.717) is 24.4 Å². The normalized spacial score (nSPS) is 14.2. The third kappa shape index (κ3) is 5.25. The van der Waals surface area contributed by atoms with Crippen molar-refractivity contribution in [1.29, 1.82) is 0 Å². The van der Waals surface area contributed by atoms with E-state index in [-0.39, 0.29) is 17.9 Å². The number of benzene rings is 1. The van der Waals surface area contributed by atoms with Gasteiger partial charge in [-0.1, -0.05) is 18.2 Å². The molecule has 3 rings (SSSR count). The molecule has 0 saturated carbocycles. The van der Waals surface area contributed by atoms with Crippen LogP contribution in [0.3, 0.4) is 0 Å². The second kappa shape index (κ2) is 9.59. The van der Waals surface area contributed by atoms with E-state index < -0.39 is 0 Å². The van der Waals surface area contributed by atoms with Crippen LogP contribution in [0.4, 0.5) is 5.82 Å². The number of piperazine rings is 1. The molecule has 0 radical (unpaired) electrons. The smallest absolute Gasteiger partial charge is 0.274 e. The van der Waals surface area contributed by atoms with E-state index in [1.807, 2.05) is 67.4 Å². The number of carbonyl (C=O) groups is 2. The Labute approximate surface area is 170 Å². The Morgan fingerprint density at radius 2 is 1.79 bits per heavy atom. The van der Waals surface area contributed by atoms with Gasteiger partial charge >= 0.3 is 0 Å². The van der Waals surface area contributed by atoms with Gasteiger partial charge in [-0.2, -0.15) is 0 Å². The van der Waals surface area contributed by atoms with Crippen LogP contribution in [0, 0.1) is 0 Å². The van der Waals surface area contributed by atoms with Gasteiger partial charge in [0.25, 0.3) is 11.7 Å². The number of aromatic nitrogens is 1. The fourth-order valence-corrected chi connectivity index (χ4v) is 4.03. The summed E-state index contributed by atoms with van der Waals surface area (Å²) < 4.78 is 0. The first-order valence-corrected chi connectivity index (χ1v) is 10.6. The van der Waals surface area contributed by atoms with Gasteiger partial charge in [0.2, 0.25) is 5.91 Å². The van der Waals surface area contributed by atoms with Crippen LogP contribution in [0.25, 0.3) is 0 Å². The maximum atomic E-state index is 13.1. The number of hydrogen-bond donors (Lipinski definition) is 1. The van der Waals surface area contributed by atoms with E-state index in [9.17, 15) is 9.59 Å². The summed E-state index contributed by atoms with van der Waals surface area (Å²) in [5, 5.41) is 2.88. The number of carbonyl (C=O) groups excluding carboxylic acids is 2. The standard InChI is InChI=1S/C21H26N4O2S/c1-16(2)23-20(26)15-28-18-8-4-3-7-17(18)21(27)25-13-11-24(12-14-25)19-9-5-6-10-22-19/h3-10,16H,11-15H2,1-2H3,(H,23,26)/p+1. The third-order valence-electron chi connectivity index (χ3n) is 4.53. The molecule has 148 valence electrons. The summed E-state index contributed by atoms with van der Waals surface area (Å²) >= 11 is 1.41. The molecule has 2 aromatic rings. The minimum absolute atomic E-state index is 0.0185. The number of nitrogens with one attached hydrogen (secondary N) is 2. The zero-order valence-electron chi connectivity index (χ0n) is 16.4. The lowest BCUT2D eigenvalue weighted by atomic mass is 10.2. The van der Waals surface area contributed by atoms with Crippen molar-refractivity contribution >= 4 is 29.4 Å². The molecule has 2 amide bonds. The quantitative estimate of drug-likeness (QED) is 0.756. The van der Waals surface area contributed by atoms with Gasteiger partial charge < -0.3 is 10.2 Å². The minimum Gasteiger partial charge on any atom is -0.353 e. The third-order valence-corrected chi connectivity index (χ3v) is 5.60. The van der Waals surface area contributed by atoms with Crippen molar-refractivity contribution in [2.45, 2.75) is 24.8 Å². The van der Waals surface area contributed by atoms with E-state index >= 15 is 0 Å². The molecular weight excluding hydrogens is 372 g/mol. The number of aromatic amines is 1. The molecule has 1 aliphatic rings. The fourth-order valence-electron chi connectivity index (χ4n) is 3.18. The van der Waals surface area contributed by atoms with Gasteiger partial charge in [-0.05, 0) is 32.0 Å². The molecule has 6 nitrogen and oxygen atoms in total. The predicted molar refractivity (Wildman–Crippen MR) is 112 cm³/mol. The second-order valence-electron chi connectivity index (χ2n) is 7.03. The van der Waals surface area contributed by atoms with Crippen LogP contribution < -0.4 is 15.2 Å². The van der Waals surface area contributed by atoms with Gasteiger partial charge in [0.05, 0.1) is 30.6 Å². The van der Waals surface area contributed by atoms with Gasteiger partial charge in [0, 0.05) is 17.0 Å². The van der Waals surface area contributed by atoms with Crippen molar-refractivity contribution in [3.63, 3.8) is 0 Å². The Kier molecular flexibility index (Phi) is 6.92. The summed E-state index contributed by atoms with van der Waals surface area (Å²) in [5.74, 6) is 1.39. The van der Waals surface area contributed by atoms with E-state index in [1.165, 1.54) is 11.8 Å². The Hall–Kier alpha value is -2.54. The Bertz CT molecular complexity index is 805. The first-order chi connectivity index (χ1) is 13.5. The number of anilines is 1. The first kappa shape index (κ1) is 20.2. The molecular formula is C21H27N4O2S+. The van der Waals surface area contributed by atoms with Gasteiger partial charge in [0.1, 0.15) is 13.1 Å². The van der Waals surface area contributed by atoms with Crippen LogP contribution >= 0.6 is 11.8 Å². The highest BCUT2D eigenvalue weighted by Crippen LogP contribution is 2.24. The lowest BCUT2D eigenvalue weighted by Gasteiger charge is -2.31. The molecule has 1 aliphatic heterocycles. The van der Waals surface area contributed by atoms with Crippen LogP contribution in [-0.4, -0.2) is 54.7 Å². The van der Waals surface area contributed by atoms with E-state index in [0.717, 1.165) is 23.8 Å². The molecule has 1 saturated heterocycles. The van der Waals surface area contributed by atoms with Crippen molar-refractivity contribution in [2.24, 2.45) is 0 Å². The average Bonchev–Trinajstić information content (AvgIpc) is 2.72. The predicted octanol–water partition coefficient (Wildman–Crippen LogP) is 2.08. The largest absolute Gasteiger partial charge is 0.353 e. The van der Waals surface area contributed by atoms with Crippen LogP contribution in [0.1, 0.15) is 24.2 Å². The fraction of sp³-hybridized carbons (Fsp3) is 0.381. The van der Waals surface area contributed by atoms with Crippen LogP contribution in [0.15, 0.2) is 53.6 Å². The van der Waals surface area contributed by atoms with Gasteiger partial charge in [-0.15, -0.1) is 11.8 Å². The first-order valence-electron chi connectivity index (χ1n) is 9.56. The number of H-pyrrole nitrogens is 1. The summed E-state index contributed by atoms with van der Waals surface area (Å²) in [7, 11) is 0. The zero-order chi connectivity index (χ0) is 19.9. The molecule has 2 heterocycles. The summed E-state index contributed by atoms with van der Waals surface area (Å²) in [6.45, 7) is 6.80. The lowest BCUT2D eigenvalue weighted by Crippen LogP contribution is -2.50. The summed E-state index contributed by atoms with van der Waals surface area (Å²) in [6.07, 6.45) is 1.91. The monoisotopic (exact) mass is 399 g/mol. The van der Waals surface area contributed by atoms with E-state index in [4.69, 9.17) is 0 Å². The maximum absolute atomic E-state index is 13.1. The van der Waals surface area contributed by atoms with E-state index in [2.05, 4.69) is 15.2 Å². The Morgan fingerprint density at radius 1 is 1.07 bits per heavy atom. The highest BCUT2D eigenvalue weighted by molar-refractivity contribution is 8.00. The van der Waals surface area contributed by atoms with Crippen LogP contribution in [-0.2, 0) is 4.79 Å². The van der Waals surface area contributed by atoms with Crippen molar-refractivity contribution in [1.82, 2.24) is 10.2 Å². The summed E-state index contributed by atoms with van der Waals surface area (Å²) in [6, 6.07) is 13.7. The van der Waals surface area contributed by atoms with Gasteiger partial charge in [-0.3, -0.25) is 14.5 Å². The molecule has 1 aromatic heterocycles. The van der Waals surface area contributed by atoms with Crippen molar-refractivity contribution in [3.8, 4) is 0 Å². The summed E-state index contributed by atoms with van der Waals surface area (Å²) in [4.78, 5) is 33.3. The van der Waals surface area contributed by atoms with Crippen molar-refractivity contribution in [3.05, 3.63) is 54.2 Å². The molecule has 7 heteroatoms. The van der Waals surface area contributed by atoms with Gasteiger partial charge in [0.15, 0.2) is 0 Å². The van der Waals surface area contributed by atoms with Crippen molar-refractivity contribution in [2.75, 3.05) is 36.8 Å². The number of pyridine rings is 1. The van der Waals surface area contributed by atoms with Crippen molar-refractivity contribution < 1.29 is 14.6 Å². The molecule has 0 aliphatic carbocycles. The number of nitrogens with zero attached hydrogens (tertiary/aromatic N) is 2. The highest BCUT2D eigenvalue weighted by atomic mass is 32.2. The molecule has 1 fully saturated rings. The molecule has 0 spiro atoms. The average molecular weight is 400 g/mol. The minimum atomic E-state index is -0.0185. The van der Waals surface area contributed by atoms with Crippen LogP contribution in [0.2, 0.25) is 0 Å². The number of amides is 2. The molecule has 2 N–H and O–H groups in total. The van der Waals surface area contributed by atoms with Crippen LogP contribution in [0.5, 0.6) is 0 Å². The molecule has 0 unspecified atom stereocenters. The molecule has 28 heavy (non-hydrogen) atoms. The maximum Gasteiger partial charge on any atom is 0.274 e. The molecule has 0 bridgehead atoms. The molecule has 1 aromatic carbocycles. The number of hydrogen-bond acceptors (Lipinski definition) is 4. The molecule has 0 atom stereocenters. The number of thioether (sulfide) groups is 1. The second-order valence-corrected chi connectivity index (χ2v) is 8.05. The SMILES string of the molecule is CC(C)NC(=O)CSc1ccccc1C(=O)N1CCN(c2cccc[nH+]2)CC1. The zero-order valence-corrected chi connectivity index (χ0v) is 17.2. The summed E-state index contributed by atoms with van der Waals surface area (Å²) in [5.41, 5.74) is 0.671.